The van der Waals surface area contributed by atoms with Gasteiger partial charge in [0.2, 0.25) is 0 Å². The zero-order valence-electron chi connectivity index (χ0n) is 9.36. The summed E-state index contributed by atoms with van der Waals surface area (Å²) in [7, 11) is 0. The van der Waals surface area contributed by atoms with Crippen molar-refractivity contribution in [2.45, 2.75) is 52.0 Å². The Kier molecular flexibility index (Phi) is 6.40. The van der Waals surface area contributed by atoms with Crippen molar-refractivity contribution in [1.29, 1.82) is 0 Å². The van der Waals surface area contributed by atoms with E-state index in [0.717, 1.165) is 0 Å². The van der Waals surface area contributed by atoms with Gasteiger partial charge < -0.3 is 4.57 Å². The molecule has 1 heterocycles. The van der Waals surface area contributed by atoms with Crippen LogP contribution in [0.15, 0.2) is 18.7 Å². The number of aromatic nitrogens is 2. The lowest BCUT2D eigenvalue weighted by Gasteiger charge is -2.26. The fourth-order valence-electron chi connectivity index (χ4n) is 1.55. The van der Waals surface area contributed by atoms with E-state index >= 15 is 0 Å². The lowest BCUT2D eigenvalue weighted by Crippen LogP contribution is -2.24. The molecule has 0 atom stereocenters. The van der Waals surface area contributed by atoms with Crippen molar-refractivity contribution in [1.82, 2.24) is 9.55 Å². The van der Waals surface area contributed by atoms with E-state index < -0.39 is 0 Å². The molecule has 3 heteroatoms. The molecule has 0 N–H and O–H groups in total. The standard InChI is InChI=1S/C11H20N2.HI/c1-4-5-6-7-11(2,3)13-9-8-12-10-13;/h8-10H,4-7H2,1-3H3;1H. The Labute approximate surface area is 104 Å². The number of halogens is 1. The Bertz CT molecular complexity index is 229. The number of nitrogens with zero attached hydrogens (tertiary/aromatic N) is 2. The fraction of sp³-hybridized carbons (Fsp3) is 0.727. The lowest BCUT2D eigenvalue weighted by atomic mass is 9.96. The number of unbranched alkanes of at least 4 members (excludes halogenated alkanes) is 2. The topological polar surface area (TPSA) is 17.8 Å². The second kappa shape index (κ2) is 6.43. The Hall–Kier alpha value is -0.0600. The SMILES string of the molecule is CCCCCC(C)(C)n1ccnc1.I. The maximum Gasteiger partial charge on any atom is 0.0950 e. The van der Waals surface area contributed by atoms with Crippen LogP contribution in [-0.4, -0.2) is 9.55 Å². The third kappa shape index (κ3) is 3.98. The molecule has 14 heavy (non-hydrogen) atoms. The van der Waals surface area contributed by atoms with Gasteiger partial charge in [-0.25, -0.2) is 4.98 Å². The highest BCUT2D eigenvalue weighted by Crippen LogP contribution is 2.22. The van der Waals surface area contributed by atoms with Crippen LogP contribution in [0.25, 0.3) is 0 Å². The first-order chi connectivity index (χ1) is 6.17. The molecule has 0 spiro atoms. The molecule has 1 rings (SSSR count). The normalized spacial score (nSPS) is 11.1. The van der Waals surface area contributed by atoms with Crippen molar-refractivity contribution < 1.29 is 0 Å². The van der Waals surface area contributed by atoms with Gasteiger partial charge in [0, 0.05) is 17.9 Å². The number of hydrogen-bond acceptors (Lipinski definition) is 1. The zero-order chi connectivity index (χ0) is 9.73. The van der Waals surface area contributed by atoms with E-state index in [4.69, 9.17) is 0 Å². The van der Waals surface area contributed by atoms with Crippen molar-refractivity contribution >= 4 is 24.0 Å². The minimum Gasteiger partial charge on any atom is -0.332 e. The predicted octanol–water partition coefficient (Wildman–Crippen LogP) is 3.82. The summed E-state index contributed by atoms with van der Waals surface area (Å²) in [4.78, 5) is 4.08. The van der Waals surface area contributed by atoms with Crippen LogP contribution in [0, 0.1) is 0 Å². The third-order valence-electron chi connectivity index (χ3n) is 2.60. The minimum atomic E-state index is 0. The second-order valence-electron chi connectivity index (χ2n) is 4.24. The van der Waals surface area contributed by atoms with Gasteiger partial charge in [-0.3, -0.25) is 0 Å². The Morgan fingerprint density at radius 2 is 2.00 bits per heavy atom. The van der Waals surface area contributed by atoms with Gasteiger partial charge in [0.1, 0.15) is 0 Å². The van der Waals surface area contributed by atoms with Crippen LogP contribution in [0.3, 0.4) is 0 Å². The second-order valence-corrected chi connectivity index (χ2v) is 4.24. The van der Waals surface area contributed by atoms with E-state index in [-0.39, 0.29) is 29.5 Å². The first kappa shape index (κ1) is 13.9. The Balaban J connectivity index is 0.00000169. The van der Waals surface area contributed by atoms with Crippen LogP contribution in [0.4, 0.5) is 0 Å². The molecule has 0 aliphatic rings. The van der Waals surface area contributed by atoms with E-state index in [1.54, 1.807) is 0 Å². The maximum atomic E-state index is 4.08. The van der Waals surface area contributed by atoms with Gasteiger partial charge in [-0.1, -0.05) is 26.2 Å². The van der Waals surface area contributed by atoms with Crippen LogP contribution in [0.2, 0.25) is 0 Å². The first-order valence-corrected chi connectivity index (χ1v) is 5.15. The average Bonchev–Trinajstić information content (AvgIpc) is 2.56. The Morgan fingerprint density at radius 1 is 1.29 bits per heavy atom. The summed E-state index contributed by atoms with van der Waals surface area (Å²) in [6.45, 7) is 6.78. The van der Waals surface area contributed by atoms with Gasteiger partial charge in [-0.15, -0.1) is 24.0 Å². The maximum absolute atomic E-state index is 4.08. The first-order valence-electron chi connectivity index (χ1n) is 5.15. The van der Waals surface area contributed by atoms with Crippen molar-refractivity contribution in [3.8, 4) is 0 Å². The number of rotatable bonds is 5. The van der Waals surface area contributed by atoms with Crippen LogP contribution in [-0.2, 0) is 5.54 Å². The van der Waals surface area contributed by atoms with E-state index in [2.05, 4.69) is 30.3 Å². The third-order valence-corrected chi connectivity index (χ3v) is 2.60. The van der Waals surface area contributed by atoms with Crippen molar-refractivity contribution in [3.63, 3.8) is 0 Å². The summed E-state index contributed by atoms with van der Waals surface area (Å²) in [6, 6.07) is 0. The quantitative estimate of drug-likeness (QED) is 0.597. The van der Waals surface area contributed by atoms with Crippen LogP contribution >= 0.6 is 24.0 Å². The highest BCUT2D eigenvalue weighted by atomic mass is 127. The highest BCUT2D eigenvalue weighted by molar-refractivity contribution is 14.0. The largest absolute Gasteiger partial charge is 0.332 e. The zero-order valence-corrected chi connectivity index (χ0v) is 11.7. The van der Waals surface area contributed by atoms with Gasteiger partial charge >= 0.3 is 0 Å². The molecule has 1 aromatic rings. The molecule has 0 saturated heterocycles. The molecule has 0 amide bonds. The molecule has 0 aliphatic carbocycles. The fourth-order valence-corrected chi connectivity index (χ4v) is 1.55. The lowest BCUT2D eigenvalue weighted by molar-refractivity contribution is 0.314. The molecule has 0 aromatic carbocycles. The molecule has 1 aromatic heterocycles. The van der Waals surface area contributed by atoms with Gasteiger partial charge in [-0.05, 0) is 20.3 Å². The molecule has 0 saturated carbocycles. The number of imidazole rings is 1. The monoisotopic (exact) mass is 308 g/mol. The van der Waals surface area contributed by atoms with E-state index in [0.29, 0.717) is 0 Å². The summed E-state index contributed by atoms with van der Waals surface area (Å²) < 4.78 is 2.20. The summed E-state index contributed by atoms with van der Waals surface area (Å²) in [5.41, 5.74) is 0.228. The average molecular weight is 308 g/mol. The van der Waals surface area contributed by atoms with Crippen LogP contribution in [0.1, 0.15) is 46.5 Å². The molecule has 0 aliphatic heterocycles. The summed E-state index contributed by atoms with van der Waals surface area (Å²) >= 11 is 0. The molecule has 82 valence electrons. The smallest absolute Gasteiger partial charge is 0.0950 e. The van der Waals surface area contributed by atoms with Crippen LogP contribution in [0.5, 0.6) is 0 Å². The Morgan fingerprint density at radius 3 is 2.50 bits per heavy atom. The van der Waals surface area contributed by atoms with Gasteiger partial charge in [0.05, 0.1) is 6.33 Å². The van der Waals surface area contributed by atoms with Crippen LogP contribution < -0.4 is 0 Å². The van der Waals surface area contributed by atoms with E-state index in [9.17, 15) is 0 Å². The van der Waals surface area contributed by atoms with E-state index in [1.807, 2.05) is 18.7 Å². The predicted molar refractivity (Wildman–Crippen MR) is 71.1 cm³/mol. The highest BCUT2D eigenvalue weighted by Gasteiger charge is 2.17. The molecular formula is C11H21IN2. The van der Waals surface area contributed by atoms with E-state index in [1.165, 1.54) is 25.7 Å². The molecular weight excluding hydrogens is 287 g/mol. The molecule has 0 bridgehead atoms. The molecule has 2 nitrogen and oxygen atoms in total. The van der Waals surface area contributed by atoms with Gasteiger partial charge in [-0.2, -0.15) is 0 Å². The van der Waals surface area contributed by atoms with Gasteiger partial charge in [0.15, 0.2) is 0 Å². The number of hydrogen-bond donors (Lipinski definition) is 0. The summed E-state index contributed by atoms with van der Waals surface area (Å²) in [5, 5.41) is 0. The summed E-state index contributed by atoms with van der Waals surface area (Å²) in [6.07, 6.45) is 11.0. The molecule has 0 fully saturated rings. The van der Waals surface area contributed by atoms with Crippen molar-refractivity contribution in [3.05, 3.63) is 18.7 Å². The molecule has 0 unspecified atom stereocenters. The van der Waals surface area contributed by atoms with Crippen molar-refractivity contribution in [2.24, 2.45) is 0 Å². The minimum absolute atomic E-state index is 0. The summed E-state index contributed by atoms with van der Waals surface area (Å²) in [5.74, 6) is 0. The van der Waals surface area contributed by atoms with Crippen molar-refractivity contribution in [2.75, 3.05) is 0 Å². The molecule has 0 radical (unpaired) electrons. The van der Waals surface area contributed by atoms with Gasteiger partial charge in [0.25, 0.3) is 0 Å².